The highest BCUT2D eigenvalue weighted by Gasteiger charge is 2.29. The predicted molar refractivity (Wildman–Crippen MR) is 85.2 cm³/mol. The van der Waals surface area contributed by atoms with Crippen molar-refractivity contribution in [1.29, 1.82) is 0 Å². The molecule has 3 heteroatoms. The third-order valence-electron chi connectivity index (χ3n) is 3.89. The first-order valence-electron chi connectivity index (χ1n) is 7.35. The number of rotatable bonds is 6. The molecular weight excluding hydrogens is 266 g/mol. The molecule has 1 aliphatic rings. The van der Waals surface area contributed by atoms with Crippen LogP contribution in [0.25, 0.3) is 0 Å². The number of benzene rings is 1. The second-order valence-electron chi connectivity index (χ2n) is 5.45. The Morgan fingerprint density at radius 3 is 2.55 bits per heavy atom. The number of hydrogen-bond donors (Lipinski definition) is 1. The van der Waals surface area contributed by atoms with Crippen LogP contribution in [0.15, 0.2) is 41.8 Å². The maximum absolute atomic E-state index is 9.88. The maximum Gasteiger partial charge on any atom is 0.0787 e. The Kier molecular flexibility index (Phi) is 4.08. The van der Waals surface area contributed by atoms with Gasteiger partial charge in [-0.05, 0) is 48.4 Å². The highest BCUT2D eigenvalue weighted by molar-refractivity contribution is 7.09. The van der Waals surface area contributed by atoms with Gasteiger partial charge in [-0.25, -0.2) is 0 Å². The molecule has 106 valence electrons. The van der Waals surface area contributed by atoms with Crippen LogP contribution in [0, 0.1) is 0 Å². The van der Waals surface area contributed by atoms with E-state index in [4.69, 9.17) is 0 Å². The second kappa shape index (κ2) is 5.98. The highest BCUT2D eigenvalue weighted by atomic mass is 32.1. The molecule has 1 heterocycles. The van der Waals surface area contributed by atoms with E-state index in [1.807, 2.05) is 18.3 Å². The van der Waals surface area contributed by atoms with Gasteiger partial charge in [0.1, 0.15) is 0 Å². The molecule has 1 unspecified atom stereocenters. The predicted octanol–water partition coefficient (Wildman–Crippen LogP) is 4.36. The Hall–Kier alpha value is -1.32. The van der Waals surface area contributed by atoms with E-state index in [0.717, 1.165) is 18.5 Å². The molecule has 0 spiro atoms. The van der Waals surface area contributed by atoms with Crippen molar-refractivity contribution in [2.45, 2.75) is 44.9 Å². The van der Waals surface area contributed by atoms with E-state index in [2.05, 4.69) is 46.7 Å². The van der Waals surface area contributed by atoms with Crippen LogP contribution >= 0.6 is 11.3 Å². The van der Waals surface area contributed by atoms with Crippen LogP contribution in [0.4, 0.5) is 5.69 Å². The van der Waals surface area contributed by atoms with Gasteiger partial charge in [0.25, 0.3) is 0 Å². The molecule has 1 N–H and O–H groups in total. The fourth-order valence-electron chi connectivity index (χ4n) is 2.51. The fraction of sp³-hybridized carbons (Fsp3) is 0.412. The van der Waals surface area contributed by atoms with Crippen LogP contribution in [0.2, 0.25) is 0 Å². The lowest BCUT2D eigenvalue weighted by molar-refractivity contribution is 0.173. The summed E-state index contributed by atoms with van der Waals surface area (Å²) < 4.78 is 0. The Labute approximate surface area is 124 Å². The summed E-state index contributed by atoms with van der Waals surface area (Å²) in [6.45, 7) is 3.00. The molecule has 2 aromatic rings. The summed E-state index contributed by atoms with van der Waals surface area (Å²) in [5.41, 5.74) is 2.29. The van der Waals surface area contributed by atoms with Crippen molar-refractivity contribution in [2.24, 2.45) is 0 Å². The van der Waals surface area contributed by atoms with Gasteiger partial charge in [-0.1, -0.05) is 25.1 Å². The van der Waals surface area contributed by atoms with Crippen molar-refractivity contribution in [3.63, 3.8) is 0 Å². The Morgan fingerprint density at radius 1 is 1.25 bits per heavy atom. The molecule has 1 aromatic heterocycles. The van der Waals surface area contributed by atoms with Crippen molar-refractivity contribution < 1.29 is 5.11 Å². The van der Waals surface area contributed by atoms with Crippen molar-refractivity contribution >= 4 is 17.0 Å². The van der Waals surface area contributed by atoms with Gasteiger partial charge >= 0.3 is 0 Å². The molecule has 3 rings (SSSR count). The molecule has 0 saturated heterocycles. The molecule has 2 nitrogen and oxygen atoms in total. The Balaban J connectivity index is 1.77. The van der Waals surface area contributed by atoms with Gasteiger partial charge < -0.3 is 10.0 Å². The van der Waals surface area contributed by atoms with Gasteiger partial charge in [0.15, 0.2) is 0 Å². The van der Waals surface area contributed by atoms with Gasteiger partial charge in [0.05, 0.1) is 12.6 Å². The number of nitrogens with zero attached hydrogens (tertiary/aromatic N) is 1. The summed E-state index contributed by atoms with van der Waals surface area (Å²) in [6.07, 6.45) is 3.02. The molecule has 20 heavy (non-hydrogen) atoms. The van der Waals surface area contributed by atoms with Crippen LogP contribution in [0.3, 0.4) is 0 Å². The Bertz CT molecular complexity index is 531. The molecule has 0 aliphatic heterocycles. The van der Waals surface area contributed by atoms with E-state index in [9.17, 15) is 5.11 Å². The lowest BCUT2D eigenvalue weighted by atomic mass is 10.1. The zero-order chi connectivity index (χ0) is 13.9. The molecule has 1 fully saturated rings. The lowest BCUT2D eigenvalue weighted by Crippen LogP contribution is -2.24. The number of anilines is 1. The van der Waals surface area contributed by atoms with E-state index in [0.29, 0.717) is 6.04 Å². The highest BCUT2D eigenvalue weighted by Crippen LogP contribution is 2.34. The molecule has 0 amide bonds. The van der Waals surface area contributed by atoms with E-state index in [-0.39, 0.29) is 6.10 Å². The van der Waals surface area contributed by atoms with E-state index in [1.165, 1.54) is 23.4 Å². The third kappa shape index (κ3) is 3.05. The van der Waals surface area contributed by atoms with E-state index >= 15 is 0 Å². The molecular formula is C17H21NOS. The van der Waals surface area contributed by atoms with Gasteiger partial charge in [0, 0.05) is 16.6 Å². The first-order chi connectivity index (χ1) is 9.78. The number of thiophene rings is 1. The van der Waals surface area contributed by atoms with E-state index < -0.39 is 0 Å². The Morgan fingerprint density at radius 2 is 2.00 bits per heavy atom. The summed E-state index contributed by atoms with van der Waals surface area (Å²) in [5.74, 6) is 0. The van der Waals surface area contributed by atoms with Crippen LogP contribution < -0.4 is 4.90 Å². The first-order valence-corrected chi connectivity index (χ1v) is 8.23. The smallest absolute Gasteiger partial charge is 0.0787 e. The molecule has 1 aromatic carbocycles. The fourth-order valence-corrected chi connectivity index (χ4v) is 3.21. The zero-order valence-corrected chi connectivity index (χ0v) is 12.6. The minimum atomic E-state index is -0.337. The van der Waals surface area contributed by atoms with Crippen molar-refractivity contribution in [2.75, 3.05) is 4.90 Å². The topological polar surface area (TPSA) is 23.5 Å². The van der Waals surface area contributed by atoms with Crippen molar-refractivity contribution in [3.05, 3.63) is 52.2 Å². The lowest BCUT2D eigenvalue weighted by Gasteiger charge is -2.24. The van der Waals surface area contributed by atoms with Crippen LogP contribution in [-0.4, -0.2) is 11.1 Å². The number of aliphatic hydroxyl groups excluding tert-OH is 1. The number of hydrogen-bond acceptors (Lipinski definition) is 3. The average Bonchev–Trinajstić information content (AvgIpc) is 3.21. The standard InChI is InChI=1S/C17H21NOS/c1-2-17(19)13-5-7-14(8-6-13)18(15-9-10-15)12-16-4-3-11-20-16/h3-8,11,15,17,19H,2,9-10,12H2,1H3. The summed E-state index contributed by atoms with van der Waals surface area (Å²) in [5, 5.41) is 12.0. The summed E-state index contributed by atoms with van der Waals surface area (Å²) in [7, 11) is 0. The van der Waals surface area contributed by atoms with E-state index in [1.54, 1.807) is 0 Å². The molecule has 0 bridgehead atoms. The van der Waals surface area contributed by atoms with Gasteiger partial charge in [-0.15, -0.1) is 11.3 Å². The normalized spacial score (nSPS) is 16.1. The molecule has 1 atom stereocenters. The maximum atomic E-state index is 9.88. The quantitative estimate of drug-likeness (QED) is 0.853. The summed E-state index contributed by atoms with van der Waals surface area (Å²) in [4.78, 5) is 3.91. The van der Waals surface area contributed by atoms with Crippen LogP contribution in [0.5, 0.6) is 0 Å². The van der Waals surface area contributed by atoms with Crippen LogP contribution in [-0.2, 0) is 6.54 Å². The van der Waals surface area contributed by atoms with Gasteiger partial charge in [-0.2, -0.15) is 0 Å². The van der Waals surface area contributed by atoms with Gasteiger partial charge in [-0.3, -0.25) is 0 Å². The minimum absolute atomic E-state index is 0.337. The summed E-state index contributed by atoms with van der Waals surface area (Å²) in [6, 6.07) is 13.4. The monoisotopic (exact) mass is 287 g/mol. The van der Waals surface area contributed by atoms with Crippen LogP contribution in [0.1, 0.15) is 42.7 Å². The third-order valence-corrected chi connectivity index (χ3v) is 4.75. The van der Waals surface area contributed by atoms with Gasteiger partial charge in [0.2, 0.25) is 0 Å². The first kappa shape index (κ1) is 13.7. The largest absolute Gasteiger partial charge is 0.388 e. The minimum Gasteiger partial charge on any atom is -0.388 e. The molecule has 1 aliphatic carbocycles. The average molecular weight is 287 g/mol. The SMILES string of the molecule is CCC(O)c1ccc(N(Cc2cccs2)C2CC2)cc1. The van der Waals surface area contributed by atoms with Crippen molar-refractivity contribution in [1.82, 2.24) is 0 Å². The number of aliphatic hydroxyl groups is 1. The zero-order valence-electron chi connectivity index (χ0n) is 11.8. The van der Waals surface area contributed by atoms with Crippen molar-refractivity contribution in [3.8, 4) is 0 Å². The molecule has 0 radical (unpaired) electrons. The molecule has 1 saturated carbocycles. The summed E-state index contributed by atoms with van der Waals surface area (Å²) >= 11 is 1.82. The second-order valence-corrected chi connectivity index (χ2v) is 6.49.